The van der Waals surface area contributed by atoms with Crippen LogP contribution in [0.1, 0.15) is 12.0 Å². The molecular weight excluding hydrogens is 198 g/mol. The molecule has 4 heteroatoms. The molecule has 3 nitrogen and oxygen atoms in total. The lowest BCUT2D eigenvalue weighted by Gasteiger charge is -2.02. The average molecular weight is 213 g/mol. The van der Waals surface area contributed by atoms with Crippen LogP contribution < -0.4 is 5.73 Å². The van der Waals surface area contributed by atoms with E-state index in [1.807, 2.05) is 30.3 Å². The first kappa shape index (κ1) is 11.2. The molecule has 0 heterocycles. The molecule has 0 amide bonds. The normalized spacial score (nSPS) is 11.5. The molecule has 1 rings (SSSR count). The predicted molar refractivity (Wildman–Crippen MR) is 57.6 cm³/mol. The van der Waals surface area contributed by atoms with Crippen molar-refractivity contribution >= 4 is 9.84 Å². The number of hydrogen-bond donors (Lipinski definition) is 1. The fourth-order valence-electron chi connectivity index (χ4n) is 1.20. The van der Waals surface area contributed by atoms with Crippen LogP contribution in [0.25, 0.3) is 0 Å². The van der Waals surface area contributed by atoms with Crippen LogP contribution in [0.4, 0.5) is 0 Å². The van der Waals surface area contributed by atoms with Crippen molar-refractivity contribution in [2.24, 2.45) is 5.73 Å². The van der Waals surface area contributed by atoms with E-state index in [0.717, 1.165) is 5.56 Å². The zero-order valence-electron chi connectivity index (χ0n) is 8.02. The van der Waals surface area contributed by atoms with E-state index >= 15 is 0 Å². The summed E-state index contributed by atoms with van der Waals surface area (Å²) in [5, 5.41) is 0. The highest BCUT2D eigenvalue weighted by Crippen LogP contribution is 2.06. The molecule has 2 N–H and O–H groups in total. The van der Waals surface area contributed by atoms with Gasteiger partial charge in [-0.3, -0.25) is 0 Å². The van der Waals surface area contributed by atoms with Crippen molar-refractivity contribution in [2.75, 3.05) is 12.3 Å². The SMILES string of the molecule is NCCCS(=O)(=O)Cc1ccccc1. The number of sulfone groups is 1. The third kappa shape index (κ3) is 3.89. The molecule has 0 saturated heterocycles. The zero-order valence-corrected chi connectivity index (χ0v) is 8.83. The highest BCUT2D eigenvalue weighted by molar-refractivity contribution is 7.90. The second-order valence-electron chi connectivity index (χ2n) is 3.22. The first-order valence-electron chi connectivity index (χ1n) is 4.58. The topological polar surface area (TPSA) is 60.2 Å². The standard InChI is InChI=1S/C10H15NO2S/c11-7-4-8-14(12,13)9-10-5-2-1-3-6-10/h1-3,5-6H,4,7-9,11H2. The van der Waals surface area contributed by atoms with Gasteiger partial charge < -0.3 is 5.73 Å². The van der Waals surface area contributed by atoms with Crippen LogP contribution >= 0.6 is 0 Å². The first-order valence-corrected chi connectivity index (χ1v) is 6.40. The Kier molecular flexibility index (Phi) is 4.10. The van der Waals surface area contributed by atoms with Gasteiger partial charge in [0.25, 0.3) is 0 Å². The van der Waals surface area contributed by atoms with Crippen molar-refractivity contribution in [1.82, 2.24) is 0 Å². The van der Waals surface area contributed by atoms with Gasteiger partial charge in [-0.15, -0.1) is 0 Å². The van der Waals surface area contributed by atoms with Gasteiger partial charge in [-0.1, -0.05) is 30.3 Å². The molecule has 0 aliphatic carbocycles. The van der Waals surface area contributed by atoms with Gasteiger partial charge in [0, 0.05) is 0 Å². The predicted octanol–water partition coefficient (Wildman–Crippen LogP) is 0.950. The van der Waals surface area contributed by atoms with Crippen LogP contribution in [-0.2, 0) is 15.6 Å². The van der Waals surface area contributed by atoms with Gasteiger partial charge in [-0.25, -0.2) is 8.42 Å². The van der Waals surface area contributed by atoms with E-state index in [9.17, 15) is 8.42 Å². The van der Waals surface area contributed by atoms with Crippen molar-refractivity contribution in [1.29, 1.82) is 0 Å². The molecule has 14 heavy (non-hydrogen) atoms. The van der Waals surface area contributed by atoms with Gasteiger partial charge in [0.05, 0.1) is 11.5 Å². The van der Waals surface area contributed by atoms with Crippen molar-refractivity contribution in [3.8, 4) is 0 Å². The van der Waals surface area contributed by atoms with Crippen LogP contribution in [0.3, 0.4) is 0 Å². The molecule has 0 aliphatic heterocycles. The summed E-state index contributed by atoms with van der Waals surface area (Å²) < 4.78 is 23.0. The van der Waals surface area contributed by atoms with Crippen molar-refractivity contribution in [2.45, 2.75) is 12.2 Å². The monoisotopic (exact) mass is 213 g/mol. The smallest absolute Gasteiger partial charge is 0.154 e. The van der Waals surface area contributed by atoms with Gasteiger partial charge in [-0.05, 0) is 18.5 Å². The van der Waals surface area contributed by atoms with E-state index in [1.54, 1.807) is 0 Å². The first-order chi connectivity index (χ1) is 6.64. The van der Waals surface area contributed by atoms with Crippen molar-refractivity contribution in [3.63, 3.8) is 0 Å². The lowest BCUT2D eigenvalue weighted by molar-refractivity contribution is 0.593. The lowest BCUT2D eigenvalue weighted by Crippen LogP contribution is -2.13. The Morgan fingerprint density at radius 1 is 1.14 bits per heavy atom. The molecule has 0 radical (unpaired) electrons. The Morgan fingerprint density at radius 2 is 1.79 bits per heavy atom. The molecule has 78 valence electrons. The maximum absolute atomic E-state index is 11.5. The molecular formula is C10H15NO2S. The van der Waals surface area contributed by atoms with Gasteiger partial charge in [-0.2, -0.15) is 0 Å². The van der Waals surface area contributed by atoms with Gasteiger partial charge >= 0.3 is 0 Å². The van der Waals surface area contributed by atoms with E-state index < -0.39 is 9.84 Å². The highest BCUT2D eigenvalue weighted by atomic mass is 32.2. The van der Waals surface area contributed by atoms with E-state index in [2.05, 4.69) is 0 Å². The molecule has 0 aromatic heterocycles. The molecule has 0 spiro atoms. The van der Waals surface area contributed by atoms with E-state index in [0.29, 0.717) is 13.0 Å². The van der Waals surface area contributed by atoms with Gasteiger partial charge in [0.1, 0.15) is 0 Å². The molecule has 0 aliphatic rings. The summed E-state index contributed by atoms with van der Waals surface area (Å²) in [5.41, 5.74) is 6.10. The fraction of sp³-hybridized carbons (Fsp3) is 0.400. The largest absolute Gasteiger partial charge is 0.330 e. The molecule has 1 aromatic carbocycles. The maximum Gasteiger partial charge on any atom is 0.154 e. The number of hydrogen-bond acceptors (Lipinski definition) is 3. The third-order valence-electron chi connectivity index (χ3n) is 1.89. The zero-order chi connectivity index (χ0) is 10.4. The summed E-state index contributed by atoms with van der Waals surface area (Å²) >= 11 is 0. The summed E-state index contributed by atoms with van der Waals surface area (Å²) in [5.74, 6) is 0.298. The quantitative estimate of drug-likeness (QED) is 0.792. The van der Waals surface area contributed by atoms with Crippen LogP contribution in [-0.4, -0.2) is 20.7 Å². The Labute approximate surface area is 84.9 Å². The van der Waals surface area contributed by atoms with Crippen molar-refractivity contribution in [3.05, 3.63) is 35.9 Å². The summed E-state index contributed by atoms with van der Waals surface area (Å²) in [6, 6.07) is 9.19. The second-order valence-corrected chi connectivity index (χ2v) is 5.40. The lowest BCUT2D eigenvalue weighted by atomic mass is 10.2. The number of rotatable bonds is 5. The average Bonchev–Trinajstić information content (AvgIpc) is 2.16. The van der Waals surface area contributed by atoms with E-state index in [-0.39, 0.29) is 11.5 Å². The van der Waals surface area contributed by atoms with Gasteiger partial charge in [0.2, 0.25) is 0 Å². The molecule has 0 fully saturated rings. The minimum atomic E-state index is -2.98. The fourth-order valence-corrected chi connectivity index (χ4v) is 2.65. The van der Waals surface area contributed by atoms with Crippen LogP contribution in [0.15, 0.2) is 30.3 Å². The minimum Gasteiger partial charge on any atom is -0.330 e. The number of benzene rings is 1. The Hall–Kier alpha value is -0.870. The van der Waals surface area contributed by atoms with Crippen molar-refractivity contribution < 1.29 is 8.42 Å². The van der Waals surface area contributed by atoms with Crippen LogP contribution in [0, 0.1) is 0 Å². The second kappa shape index (κ2) is 5.12. The van der Waals surface area contributed by atoms with Crippen LogP contribution in [0.5, 0.6) is 0 Å². The molecule has 0 saturated carbocycles. The number of nitrogens with two attached hydrogens (primary N) is 1. The van der Waals surface area contributed by atoms with Gasteiger partial charge in [0.15, 0.2) is 9.84 Å². The molecule has 0 bridgehead atoms. The summed E-state index contributed by atoms with van der Waals surface area (Å²) in [6.45, 7) is 0.425. The van der Waals surface area contributed by atoms with E-state index in [1.165, 1.54) is 0 Å². The molecule has 1 aromatic rings. The Balaban J connectivity index is 2.60. The van der Waals surface area contributed by atoms with E-state index in [4.69, 9.17) is 5.73 Å². The maximum atomic E-state index is 11.5. The van der Waals surface area contributed by atoms with Crippen LogP contribution in [0.2, 0.25) is 0 Å². The molecule has 0 atom stereocenters. The summed E-state index contributed by atoms with van der Waals surface area (Å²) in [4.78, 5) is 0. The summed E-state index contributed by atoms with van der Waals surface area (Å²) in [7, 11) is -2.98. The summed E-state index contributed by atoms with van der Waals surface area (Å²) in [6.07, 6.45) is 0.537. The Morgan fingerprint density at radius 3 is 2.36 bits per heavy atom. The molecule has 0 unspecified atom stereocenters. The minimum absolute atomic E-state index is 0.119. The Bertz CT molecular complexity index is 359. The third-order valence-corrected chi connectivity index (χ3v) is 3.57. The highest BCUT2D eigenvalue weighted by Gasteiger charge is 2.10.